The monoisotopic (exact) mass is 490 g/mol. The molecule has 2 aromatic rings. The molecule has 5 rings (SSSR count). The van der Waals surface area contributed by atoms with Crippen LogP contribution in [0.3, 0.4) is 0 Å². The molecule has 3 aliphatic heterocycles. The lowest BCUT2D eigenvalue weighted by Gasteiger charge is -2.46. The topological polar surface area (TPSA) is 76.9 Å². The summed E-state index contributed by atoms with van der Waals surface area (Å²) in [6, 6.07) is 7.97. The van der Waals surface area contributed by atoms with E-state index in [0.717, 1.165) is 35.8 Å². The van der Waals surface area contributed by atoms with Gasteiger partial charge in [0.2, 0.25) is 0 Å². The fourth-order valence-corrected chi connectivity index (χ4v) is 5.20. The standard InChI is InChI=1S/C21H23BrN4O3S/c1-20(2,3)30(27)25-17-14-6-4-5-7-15(14)29-21(17)8-9-26-13(10-21)12-28-19-18(26)23-11-16(22)24-19/h4-7,11,13H,8-10,12H2,1-3H3/b25-17+/t13-,21?,30-/m1/s1. The van der Waals surface area contributed by atoms with E-state index in [4.69, 9.17) is 13.9 Å². The first kappa shape index (κ1) is 19.9. The summed E-state index contributed by atoms with van der Waals surface area (Å²) in [5.41, 5.74) is 1.11. The molecule has 0 radical (unpaired) electrons. The van der Waals surface area contributed by atoms with Gasteiger partial charge in [-0.2, -0.15) is 4.40 Å². The second kappa shape index (κ2) is 7.02. The van der Waals surface area contributed by atoms with Gasteiger partial charge in [0.25, 0.3) is 5.88 Å². The van der Waals surface area contributed by atoms with Crippen LogP contribution in [0.1, 0.15) is 39.2 Å². The lowest BCUT2D eigenvalue weighted by atomic mass is 9.81. The van der Waals surface area contributed by atoms with Crippen molar-refractivity contribution < 1.29 is 13.7 Å². The fraction of sp³-hybridized carbons (Fsp3) is 0.476. The summed E-state index contributed by atoms with van der Waals surface area (Å²) in [5.74, 6) is 2.11. The lowest BCUT2D eigenvalue weighted by molar-refractivity contribution is 0.0879. The Morgan fingerprint density at radius 3 is 2.93 bits per heavy atom. The Hall–Kier alpha value is -2.00. The van der Waals surface area contributed by atoms with Crippen molar-refractivity contribution >= 4 is 38.4 Å². The molecule has 3 atom stereocenters. The van der Waals surface area contributed by atoms with Crippen LogP contribution in [0, 0.1) is 0 Å². The smallest absolute Gasteiger partial charge is 0.258 e. The first-order chi connectivity index (χ1) is 14.3. The highest BCUT2D eigenvalue weighted by molar-refractivity contribution is 9.10. The molecule has 1 saturated heterocycles. The number of anilines is 1. The van der Waals surface area contributed by atoms with Gasteiger partial charge in [-0.05, 0) is 48.8 Å². The molecule has 1 aromatic carbocycles. The van der Waals surface area contributed by atoms with Gasteiger partial charge in [-0.3, -0.25) is 0 Å². The molecule has 3 aliphatic rings. The predicted octanol–water partition coefficient (Wildman–Crippen LogP) is 3.68. The highest BCUT2D eigenvalue weighted by atomic mass is 79.9. The van der Waals surface area contributed by atoms with Gasteiger partial charge in [0.15, 0.2) is 11.4 Å². The van der Waals surface area contributed by atoms with Gasteiger partial charge in [0.05, 0.1) is 17.0 Å². The Morgan fingerprint density at radius 1 is 1.33 bits per heavy atom. The molecule has 9 heteroatoms. The van der Waals surface area contributed by atoms with Gasteiger partial charge in [-0.15, -0.1) is 0 Å². The molecular weight excluding hydrogens is 468 g/mol. The third kappa shape index (κ3) is 3.22. The van der Waals surface area contributed by atoms with E-state index in [-0.39, 0.29) is 6.04 Å². The molecule has 1 aromatic heterocycles. The van der Waals surface area contributed by atoms with Crippen molar-refractivity contribution in [3.05, 3.63) is 40.6 Å². The van der Waals surface area contributed by atoms with E-state index in [2.05, 4.69) is 30.8 Å². The van der Waals surface area contributed by atoms with E-state index in [1.54, 1.807) is 6.20 Å². The van der Waals surface area contributed by atoms with E-state index in [1.165, 1.54) is 0 Å². The number of benzene rings is 1. The van der Waals surface area contributed by atoms with Crippen LogP contribution in [0.2, 0.25) is 0 Å². The molecule has 158 valence electrons. The Kier molecular flexibility index (Phi) is 4.66. The second-order valence-electron chi connectivity index (χ2n) is 8.83. The molecular formula is C21H23BrN4O3S. The van der Waals surface area contributed by atoms with Crippen LogP contribution in [-0.4, -0.2) is 49.4 Å². The van der Waals surface area contributed by atoms with Crippen LogP contribution >= 0.6 is 15.9 Å². The number of hydrogen-bond acceptors (Lipinski definition) is 6. The van der Waals surface area contributed by atoms with Crippen LogP contribution in [0.4, 0.5) is 5.82 Å². The van der Waals surface area contributed by atoms with Gasteiger partial charge in [0.1, 0.15) is 33.7 Å². The van der Waals surface area contributed by atoms with Gasteiger partial charge < -0.3 is 14.4 Å². The van der Waals surface area contributed by atoms with Crippen molar-refractivity contribution in [2.24, 2.45) is 4.40 Å². The highest BCUT2D eigenvalue weighted by Crippen LogP contribution is 2.46. The Bertz CT molecular complexity index is 1070. The van der Waals surface area contributed by atoms with E-state index < -0.39 is 21.3 Å². The lowest BCUT2D eigenvalue weighted by Crippen LogP contribution is -2.58. The minimum atomic E-state index is -1.38. The SMILES string of the molecule is CC(C)(C)[S@@](=O)/N=C1\c2ccccc2OC12CCN1c3ncc(Br)nc3OC[C@H]1C2. The molecule has 4 heterocycles. The Morgan fingerprint density at radius 2 is 2.13 bits per heavy atom. The maximum Gasteiger partial charge on any atom is 0.258 e. The van der Waals surface area contributed by atoms with Crippen LogP contribution < -0.4 is 14.4 Å². The van der Waals surface area contributed by atoms with Gasteiger partial charge in [0, 0.05) is 24.9 Å². The van der Waals surface area contributed by atoms with E-state index in [0.29, 0.717) is 23.5 Å². The Balaban J connectivity index is 1.52. The summed E-state index contributed by atoms with van der Waals surface area (Å²) in [6.07, 6.45) is 3.09. The maximum absolute atomic E-state index is 12.9. The number of hydrogen-bond donors (Lipinski definition) is 0. The third-order valence-electron chi connectivity index (χ3n) is 5.72. The van der Waals surface area contributed by atoms with Crippen molar-refractivity contribution in [2.75, 3.05) is 18.1 Å². The molecule has 0 bridgehead atoms. The molecule has 1 fully saturated rings. The summed E-state index contributed by atoms with van der Waals surface area (Å²) < 4.78 is 30.3. The summed E-state index contributed by atoms with van der Waals surface area (Å²) in [4.78, 5) is 11.2. The number of piperidine rings is 1. The zero-order chi connectivity index (χ0) is 21.1. The summed E-state index contributed by atoms with van der Waals surface area (Å²) >= 11 is 3.35. The van der Waals surface area contributed by atoms with Crippen LogP contribution in [0.25, 0.3) is 0 Å². The van der Waals surface area contributed by atoms with Crippen LogP contribution in [0.15, 0.2) is 39.5 Å². The highest BCUT2D eigenvalue weighted by Gasteiger charge is 2.52. The average molecular weight is 491 g/mol. The number of ether oxygens (including phenoxy) is 2. The van der Waals surface area contributed by atoms with Crippen LogP contribution in [0.5, 0.6) is 11.6 Å². The van der Waals surface area contributed by atoms with E-state index in [1.807, 2.05) is 45.0 Å². The van der Waals surface area contributed by atoms with Crippen molar-refractivity contribution in [3.63, 3.8) is 0 Å². The number of para-hydroxylation sites is 1. The van der Waals surface area contributed by atoms with Crippen LogP contribution in [-0.2, 0) is 11.0 Å². The molecule has 0 amide bonds. The summed E-state index contributed by atoms with van der Waals surface area (Å²) in [5, 5.41) is 0. The first-order valence-electron chi connectivity index (χ1n) is 9.98. The zero-order valence-electron chi connectivity index (χ0n) is 17.1. The number of fused-ring (bicyclic) bond motifs is 4. The predicted molar refractivity (Wildman–Crippen MR) is 120 cm³/mol. The quantitative estimate of drug-likeness (QED) is 0.606. The molecule has 0 aliphatic carbocycles. The first-order valence-corrected chi connectivity index (χ1v) is 11.9. The average Bonchev–Trinajstić information content (AvgIpc) is 2.99. The zero-order valence-corrected chi connectivity index (χ0v) is 19.5. The minimum Gasteiger partial charge on any atom is -0.480 e. The van der Waals surface area contributed by atoms with Gasteiger partial charge in [-0.25, -0.2) is 14.2 Å². The number of nitrogens with zero attached hydrogens (tertiary/aromatic N) is 4. The molecule has 0 saturated carbocycles. The third-order valence-corrected chi connectivity index (χ3v) is 7.50. The molecule has 1 spiro atoms. The number of rotatable bonds is 1. The molecule has 30 heavy (non-hydrogen) atoms. The molecule has 1 unspecified atom stereocenters. The number of halogens is 1. The normalized spacial score (nSPS) is 27.1. The minimum absolute atomic E-state index is 0.0734. The second-order valence-corrected chi connectivity index (χ2v) is 11.5. The molecule has 0 N–H and O–H groups in total. The van der Waals surface area contributed by atoms with Crippen molar-refractivity contribution in [3.8, 4) is 11.6 Å². The largest absolute Gasteiger partial charge is 0.480 e. The van der Waals surface area contributed by atoms with E-state index >= 15 is 0 Å². The fourth-order valence-electron chi connectivity index (χ4n) is 4.23. The van der Waals surface area contributed by atoms with Gasteiger partial charge in [-0.1, -0.05) is 12.1 Å². The Labute approximate surface area is 186 Å². The van der Waals surface area contributed by atoms with Crippen molar-refractivity contribution in [1.29, 1.82) is 0 Å². The summed E-state index contributed by atoms with van der Waals surface area (Å²) in [7, 11) is -1.38. The van der Waals surface area contributed by atoms with Gasteiger partial charge >= 0.3 is 0 Å². The van der Waals surface area contributed by atoms with Crippen molar-refractivity contribution in [1.82, 2.24) is 9.97 Å². The van der Waals surface area contributed by atoms with Crippen molar-refractivity contribution in [2.45, 2.75) is 50.0 Å². The number of aromatic nitrogens is 2. The molecule has 7 nitrogen and oxygen atoms in total. The summed E-state index contributed by atoms with van der Waals surface area (Å²) in [6.45, 7) is 7.04. The maximum atomic E-state index is 12.9. The van der Waals surface area contributed by atoms with E-state index in [9.17, 15) is 4.21 Å².